The summed E-state index contributed by atoms with van der Waals surface area (Å²) in [6, 6.07) is 18.4. The van der Waals surface area contributed by atoms with E-state index in [-0.39, 0.29) is 0 Å². The molecule has 2 aliphatic heterocycles. The summed E-state index contributed by atoms with van der Waals surface area (Å²) >= 11 is 6.05. The van der Waals surface area contributed by atoms with Crippen LogP contribution in [0.15, 0.2) is 66.9 Å². The van der Waals surface area contributed by atoms with Crippen LogP contribution in [0.5, 0.6) is 17.4 Å². The van der Waals surface area contributed by atoms with E-state index in [1.807, 2.05) is 36.4 Å². The summed E-state index contributed by atoms with van der Waals surface area (Å²) < 4.78 is 11.8. The summed E-state index contributed by atoms with van der Waals surface area (Å²) in [5, 5.41) is 0.810. The van der Waals surface area contributed by atoms with Crippen molar-refractivity contribution in [1.82, 2.24) is 9.88 Å². The summed E-state index contributed by atoms with van der Waals surface area (Å²) in [6.07, 6.45) is 8.31. The third-order valence-electron chi connectivity index (χ3n) is 6.77. The lowest BCUT2D eigenvalue weighted by atomic mass is 9.89. The Morgan fingerprint density at radius 1 is 1.09 bits per heavy atom. The van der Waals surface area contributed by atoms with Gasteiger partial charge >= 0.3 is 0 Å². The van der Waals surface area contributed by atoms with Crippen molar-refractivity contribution in [3.05, 3.63) is 88.6 Å². The van der Waals surface area contributed by atoms with Gasteiger partial charge in [-0.15, -0.1) is 0 Å². The summed E-state index contributed by atoms with van der Waals surface area (Å²) in [4.78, 5) is 7.08. The number of aromatic nitrogens is 1. The predicted octanol–water partition coefficient (Wildman–Crippen LogP) is 6.75. The first-order valence-electron chi connectivity index (χ1n) is 11.7. The lowest BCUT2D eigenvalue weighted by molar-refractivity contribution is 0.216. The molecule has 1 fully saturated rings. The molecule has 2 aliphatic rings. The van der Waals surface area contributed by atoms with Crippen molar-refractivity contribution in [2.75, 3.05) is 26.7 Å². The number of pyridine rings is 1. The van der Waals surface area contributed by atoms with E-state index < -0.39 is 0 Å². The molecule has 170 valence electrons. The number of hydrogen-bond acceptors (Lipinski definition) is 4. The Labute approximate surface area is 200 Å². The SMILES string of the molecule is COc1cccc2c1C/C(=C/CCN1CCC(c3ccc(Cl)cc3)CC1)c1cccnc1O2. The average Bonchev–Trinajstić information content (AvgIpc) is 3.01. The second kappa shape index (κ2) is 9.98. The van der Waals surface area contributed by atoms with E-state index in [1.54, 1.807) is 13.3 Å². The van der Waals surface area contributed by atoms with Crippen LogP contribution in [0.3, 0.4) is 0 Å². The van der Waals surface area contributed by atoms with Crippen LogP contribution in [0, 0.1) is 0 Å². The average molecular weight is 461 g/mol. The molecule has 0 bridgehead atoms. The van der Waals surface area contributed by atoms with Gasteiger partial charge in [-0.05, 0) is 85.8 Å². The van der Waals surface area contributed by atoms with Gasteiger partial charge in [0.1, 0.15) is 11.5 Å². The number of hydrogen-bond donors (Lipinski definition) is 0. The molecule has 3 heterocycles. The van der Waals surface area contributed by atoms with Gasteiger partial charge in [-0.1, -0.05) is 35.9 Å². The fourth-order valence-electron chi connectivity index (χ4n) is 4.94. The van der Waals surface area contributed by atoms with Gasteiger partial charge in [0.15, 0.2) is 0 Å². The molecule has 0 atom stereocenters. The highest BCUT2D eigenvalue weighted by atomic mass is 35.5. The zero-order valence-electron chi connectivity index (χ0n) is 19.0. The number of benzene rings is 2. The minimum atomic E-state index is 0.637. The lowest BCUT2D eigenvalue weighted by Gasteiger charge is -2.32. The molecular formula is C28H29ClN2O2. The van der Waals surface area contributed by atoms with Gasteiger partial charge in [-0.2, -0.15) is 0 Å². The van der Waals surface area contributed by atoms with Crippen LogP contribution < -0.4 is 9.47 Å². The Balaban J connectivity index is 1.27. The number of nitrogens with zero attached hydrogens (tertiary/aromatic N) is 2. The first-order chi connectivity index (χ1) is 16.2. The third kappa shape index (κ3) is 4.92. The minimum Gasteiger partial charge on any atom is -0.496 e. The zero-order chi connectivity index (χ0) is 22.6. The van der Waals surface area contributed by atoms with Crippen molar-refractivity contribution >= 4 is 17.2 Å². The van der Waals surface area contributed by atoms with Crippen LogP contribution in [-0.4, -0.2) is 36.6 Å². The Hall–Kier alpha value is -2.82. The van der Waals surface area contributed by atoms with Crippen LogP contribution in [0.2, 0.25) is 5.02 Å². The number of methoxy groups -OCH3 is 1. The molecule has 4 nitrogen and oxygen atoms in total. The van der Waals surface area contributed by atoms with E-state index >= 15 is 0 Å². The molecule has 2 aromatic carbocycles. The topological polar surface area (TPSA) is 34.6 Å². The quantitative estimate of drug-likeness (QED) is 0.422. The van der Waals surface area contributed by atoms with Crippen LogP contribution in [0.1, 0.15) is 41.9 Å². The second-order valence-electron chi connectivity index (χ2n) is 8.76. The van der Waals surface area contributed by atoms with Crippen molar-refractivity contribution in [2.24, 2.45) is 0 Å². The maximum Gasteiger partial charge on any atom is 0.226 e. The predicted molar refractivity (Wildman–Crippen MR) is 133 cm³/mol. The Morgan fingerprint density at radius 2 is 1.91 bits per heavy atom. The van der Waals surface area contributed by atoms with Gasteiger partial charge in [0.25, 0.3) is 0 Å². The molecule has 0 amide bonds. The number of halogens is 1. The van der Waals surface area contributed by atoms with E-state index in [4.69, 9.17) is 21.1 Å². The molecule has 0 N–H and O–H groups in total. The molecule has 1 saturated heterocycles. The monoisotopic (exact) mass is 460 g/mol. The normalized spacial score (nSPS) is 17.7. The van der Waals surface area contributed by atoms with Gasteiger partial charge in [0.2, 0.25) is 5.88 Å². The molecule has 0 aliphatic carbocycles. The first-order valence-corrected chi connectivity index (χ1v) is 12.0. The number of allylic oxidation sites excluding steroid dienone is 1. The largest absolute Gasteiger partial charge is 0.496 e. The fourth-order valence-corrected chi connectivity index (χ4v) is 5.07. The van der Waals surface area contributed by atoms with Gasteiger partial charge in [0, 0.05) is 35.3 Å². The molecule has 0 unspecified atom stereocenters. The fraction of sp³-hybridized carbons (Fsp3) is 0.321. The maximum absolute atomic E-state index is 6.18. The molecule has 5 rings (SSSR count). The van der Waals surface area contributed by atoms with Crippen molar-refractivity contribution in [3.8, 4) is 17.4 Å². The van der Waals surface area contributed by atoms with E-state index in [0.717, 1.165) is 60.1 Å². The molecule has 3 aromatic rings. The Bertz CT molecular complexity index is 1130. The van der Waals surface area contributed by atoms with Gasteiger partial charge in [-0.3, -0.25) is 0 Å². The molecular weight excluding hydrogens is 432 g/mol. The molecule has 33 heavy (non-hydrogen) atoms. The molecule has 1 aromatic heterocycles. The van der Waals surface area contributed by atoms with E-state index in [0.29, 0.717) is 11.8 Å². The first kappa shape index (κ1) is 22.0. The van der Waals surface area contributed by atoms with Crippen molar-refractivity contribution in [2.45, 2.75) is 31.6 Å². The molecule has 5 heteroatoms. The van der Waals surface area contributed by atoms with Crippen molar-refractivity contribution in [3.63, 3.8) is 0 Å². The van der Waals surface area contributed by atoms with E-state index in [1.165, 1.54) is 24.0 Å². The minimum absolute atomic E-state index is 0.637. The highest BCUT2D eigenvalue weighted by Gasteiger charge is 2.23. The number of likely N-dealkylation sites (tertiary alicyclic amines) is 1. The molecule has 0 saturated carbocycles. The molecule has 0 radical (unpaired) electrons. The van der Waals surface area contributed by atoms with Crippen LogP contribution >= 0.6 is 11.6 Å². The summed E-state index contributed by atoms with van der Waals surface area (Å²) in [7, 11) is 1.71. The Morgan fingerprint density at radius 3 is 2.70 bits per heavy atom. The highest BCUT2D eigenvalue weighted by Crippen LogP contribution is 2.41. The summed E-state index contributed by atoms with van der Waals surface area (Å²) in [5.74, 6) is 2.98. The second-order valence-corrected chi connectivity index (χ2v) is 9.19. The molecule has 0 spiro atoms. The summed E-state index contributed by atoms with van der Waals surface area (Å²) in [6.45, 7) is 3.33. The van der Waals surface area contributed by atoms with E-state index in [9.17, 15) is 0 Å². The zero-order valence-corrected chi connectivity index (χ0v) is 19.7. The lowest BCUT2D eigenvalue weighted by Crippen LogP contribution is -2.33. The number of piperidine rings is 1. The van der Waals surface area contributed by atoms with Crippen molar-refractivity contribution in [1.29, 1.82) is 0 Å². The van der Waals surface area contributed by atoms with Gasteiger partial charge in [-0.25, -0.2) is 4.98 Å². The number of ether oxygens (including phenoxy) is 2. The third-order valence-corrected chi connectivity index (χ3v) is 7.02. The van der Waals surface area contributed by atoms with E-state index in [2.05, 4.69) is 34.2 Å². The smallest absolute Gasteiger partial charge is 0.226 e. The number of fused-ring (bicyclic) bond motifs is 2. The summed E-state index contributed by atoms with van der Waals surface area (Å²) in [5.41, 5.74) is 4.80. The van der Waals surface area contributed by atoms with Crippen LogP contribution in [-0.2, 0) is 6.42 Å². The Kier molecular flexibility index (Phi) is 6.65. The van der Waals surface area contributed by atoms with Gasteiger partial charge < -0.3 is 14.4 Å². The van der Waals surface area contributed by atoms with Gasteiger partial charge in [0.05, 0.1) is 7.11 Å². The maximum atomic E-state index is 6.18. The number of rotatable bonds is 5. The van der Waals surface area contributed by atoms with Crippen LogP contribution in [0.4, 0.5) is 0 Å². The standard InChI is InChI=1S/C28H29ClN2O2/c1-32-26-7-2-8-27-25(26)19-22(24-6-3-15-30-28(24)33-27)5-4-16-31-17-13-21(14-18-31)20-9-11-23(29)12-10-20/h2-3,5-12,15,21H,4,13-14,16-19H2,1H3/b22-5-. The highest BCUT2D eigenvalue weighted by molar-refractivity contribution is 6.30. The van der Waals surface area contributed by atoms with Crippen molar-refractivity contribution < 1.29 is 9.47 Å². The van der Waals surface area contributed by atoms with Crippen LogP contribution in [0.25, 0.3) is 5.57 Å².